The molecule has 0 heterocycles. The van der Waals surface area contributed by atoms with Crippen LogP contribution in [0, 0.1) is 0 Å². The molecule has 7 heteroatoms. The van der Waals surface area contributed by atoms with Crippen LogP contribution in [0.4, 0.5) is 13.2 Å². The molecule has 1 aromatic carbocycles. The van der Waals surface area contributed by atoms with Crippen LogP contribution in [0.3, 0.4) is 0 Å². The maximum Gasteiger partial charge on any atom is 0.396 e. The van der Waals surface area contributed by atoms with Crippen LogP contribution in [0.25, 0.3) is 0 Å². The molecule has 0 spiro atoms. The second kappa shape index (κ2) is 7.82. The molecule has 0 aromatic heterocycles. The number of hydrogen-bond acceptors (Lipinski definition) is 2. The van der Waals surface area contributed by atoms with Gasteiger partial charge in [-0.1, -0.05) is 30.3 Å². The van der Waals surface area contributed by atoms with E-state index in [2.05, 4.69) is 0 Å². The van der Waals surface area contributed by atoms with E-state index in [4.69, 9.17) is 5.11 Å². The molecule has 0 fully saturated rings. The molecule has 0 aliphatic heterocycles. The zero-order chi connectivity index (χ0) is 16.8. The molecule has 22 heavy (non-hydrogen) atoms. The first-order chi connectivity index (χ1) is 10.3. The number of carboxylic acid groups (broad SMARTS) is 1. The van der Waals surface area contributed by atoms with Crippen LogP contribution in [-0.4, -0.2) is 41.1 Å². The average molecular weight is 317 g/mol. The SMILES string of the molecule is CCN(CCC(=O)O)C(=O)CC(c1ccccc1)C(F)(F)F. The summed E-state index contributed by atoms with van der Waals surface area (Å²) in [4.78, 5) is 23.7. The highest BCUT2D eigenvalue weighted by atomic mass is 19.4. The Kier molecular flexibility index (Phi) is 6.39. The summed E-state index contributed by atoms with van der Waals surface area (Å²) in [6.45, 7) is 1.68. The van der Waals surface area contributed by atoms with E-state index in [1.54, 1.807) is 13.0 Å². The van der Waals surface area contributed by atoms with Crippen molar-refractivity contribution in [1.29, 1.82) is 0 Å². The van der Waals surface area contributed by atoms with E-state index < -0.39 is 30.4 Å². The van der Waals surface area contributed by atoms with Gasteiger partial charge in [-0.15, -0.1) is 0 Å². The number of nitrogens with zero attached hydrogens (tertiary/aromatic N) is 1. The van der Waals surface area contributed by atoms with Gasteiger partial charge < -0.3 is 10.0 Å². The maximum absolute atomic E-state index is 13.2. The lowest BCUT2D eigenvalue weighted by Gasteiger charge is -2.25. The monoisotopic (exact) mass is 317 g/mol. The van der Waals surface area contributed by atoms with Gasteiger partial charge in [-0.25, -0.2) is 0 Å². The van der Waals surface area contributed by atoms with Crippen LogP contribution in [0.5, 0.6) is 0 Å². The van der Waals surface area contributed by atoms with Gasteiger partial charge in [0.25, 0.3) is 0 Å². The number of alkyl halides is 3. The minimum atomic E-state index is -4.54. The molecule has 0 aliphatic carbocycles. The van der Waals surface area contributed by atoms with E-state index in [0.717, 1.165) is 4.90 Å². The minimum absolute atomic E-state index is 0.0256. The van der Waals surface area contributed by atoms with Gasteiger partial charge in [0.05, 0.1) is 12.3 Å². The molecule has 0 aliphatic rings. The molecule has 1 unspecified atom stereocenters. The molecule has 0 bridgehead atoms. The van der Waals surface area contributed by atoms with Crippen molar-refractivity contribution in [3.8, 4) is 0 Å². The van der Waals surface area contributed by atoms with Crippen molar-refractivity contribution in [3.05, 3.63) is 35.9 Å². The summed E-state index contributed by atoms with van der Waals surface area (Å²) in [6, 6.07) is 7.24. The zero-order valence-corrected chi connectivity index (χ0v) is 12.1. The van der Waals surface area contributed by atoms with Crippen molar-refractivity contribution in [2.45, 2.75) is 31.9 Å². The highest BCUT2D eigenvalue weighted by molar-refractivity contribution is 5.78. The van der Waals surface area contributed by atoms with Gasteiger partial charge in [0.15, 0.2) is 0 Å². The number of carbonyl (C=O) groups excluding carboxylic acids is 1. The number of halogens is 3. The van der Waals surface area contributed by atoms with Crippen molar-refractivity contribution < 1.29 is 27.9 Å². The van der Waals surface area contributed by atoms with Crippen molar-refractivity contribution in [3.63, 3.8) is 0 Å². The van der Waals surface area contributed by atoms with Crippen LogP contribution in [0.15, 0.2) is 30.3 Å². The number of aliphatic carboxylic acids is 1. The molecular formula is C15H18F3NO3. The summed E-state index contributed by atoms with van der Waals surface area (Å²) in [7, 11) is 0. The van der Waals surface area contributed by atoms with Crippen molar-refractivity contribution in [2.24, 2.45) is 0 Å². The summed E-state index contributed by atoms with van der Waals surface area (Å²) in [5.41, 5.74) is 0.0256. The Morgan fingerprint density at radius 3 is 2.27 bits per heavy atom. The molecule has 1 aromatic rings. The summed E-state index contributed by atoms with van der Waals surface area (Å²) in [5.74, 6) is -3.68. The Balaban J connectivity index is 2.85. The molecule has 122 valence electrons. The zero-order valence-electron chi connectivity index (χ0n) is 12.1. The van der Waals surface area contributed by atoms with Gasteiger partial charge >= 0.3 is 12.1 Å². The number of rotatable bonds is 7. The Labute approximate surface area is 126 Å². The molecule has 1 atom stereocenters. The third-order valence-corrected chi connectivity index (χ3v) is 3.31. The van der Waals surface area contributed by atoms with E-state index in [0.29, 0.717) is 0 Å². The van der Waals surface area contributed by atoms with E-state index >= 15 is 0 Å². The second-order valence-corrected chi connectivity index (χ2v) is 4.83. The smallest absolute Gasteiger partial charge is 0.396 e. The van der Waals surface area contributed by atoms with Crippen LogP contribution in [0.2, 0.25) is 0 Å². The molecule has 1 rings (SSSR count). The highest BCUT2D eigenvalue weighted by Gasteiger charge is 2.42. The normalized spacial score (nSPS) is 12.7. The summed E-state index contributed by atoms with van der Waals surface area (Å²) in [6.07, 6.45) is -5.55. The predicted molar refractivity (Wildman–Crippen MR) is 74.4 cm³/mol. The van der Waals surface area contributed by atoms with E-state index in [1.165, 1.54) is 24.3 Å². The Morgan fingerprint density at radius 2 is 1.82 bits per heavy atom. The predicted octanol–water partition coefficient (Wildman–Crippen LogP) is 3.05. The topological polar surface area (TPSA) is 57.6 Å². The summed E-state index contributed by atoms with van der Waals surface area (Å²) >= 11 is 0. The van der Waals surface area contributed by atoms with E-state index in [-0.39, 0.29) is 25.1 Å². The Hall–Kier alpha value is -2.05. The van der Waals surface area contributed by atoms with Crippen LogP contribution < -0.4 is 0 Å². The summed E-state index contributed by atoms with van der Waals surface area (Å²) < 4.78 is 39.5. The Bertz CT molecular complexity index is 503. The van der Waals surface area contributed by atoms with Crippen molar-refractivity contribution in [1.82, 2.24) is 4.90 Å². The average Bonchev–Trinajstić information content (AvgIpc) is 2.44. The largest absolute Gasteiger partial charge is 0.481 e. The fourth-order valence-corrected chi connectivity index (χ4v) is 2.10. The van der Waals surface area contributed by atoms with Gasteiger partial charge in [0, 0.05) is 19.5 Å². The first-order valence-corrected chi connectivity index (χ1v) is 6.87. The van der Waals surface area contributed by atoms with Gasteiger partial charge in [-0.05, 0) is 12.5 Å². The van der Waals surface area contributed by atoms with Crippen molar-refractivity contribution >= 4 is 11.9 Å². The van der Waals surface area contributed by atoms with Crippen molar-refractivity contribution in [2.75, 3.05) is 13.1 Å². The lowest BCUT2D eigenvalue weighted by Crippen LogP contribution is -2.36. The third kappa shape index (κ3) is 5.38. The fourth-order valence-electron chi connectivity index (χ4n) is 2.10. The number of carboxylic acids is 1. The minimum Gasteiger partial charge on any atom is -0.481 e. The molecule has 0 saturated carbocycles. The molecular weight excluding hydrogens is 299 g/mol. The third-order valence-electron chi connectivity index (χ3n) is 3.31. The van der Waals surface area contributed by atoms with E-state index in [1.807, 2.05) is 0 Å². The fraction of sp³-hybridized carbons (Fsp3) is 0.467. The molecule has 1 N–H and O–H groups in total. The highest BCUT2D eigenvalue weighted by Crippen LogP contribution is 2.37. The molecule has 4 nitrogen and oxygen atoms in total. The molecule has 0 saturated heterocycles. The maximum atomic E-state index is 13.2. The molecule has 0 radical (unpaired) electrons. The lowest BCUT2D eigenvalue weighted by molar-refractivity contribution is -0.160. The number of carbonyl (C=O) groups is 2. The molecule has 1 amide bonds. The first kappa shape index (κ1) is 18.0. The number of benzene rings is 1. The van der Waals surface area contributed by atoms with Crippen LogP contribution in [0.1, 0.15) is 31.2 Å². The quantitative estimate of drug-likeness (QED) is 0.841. The van der Waals surface area contributed by atoms with Gasteiger partial charge in [0.1, 0.15) is 0 Å². The number of hydrogen-bond donors (Lipinski definition) is 1. The van der Waals surface area contributed by atoms with E-state index in [9.17, 15) is 22.8 Å². The second-order valence-electron chi connectivity index (χ2n) is 4.83. The van der Waals surface area contributed by atoms with Gasteiger partial charge in [-0.2, -0.15) is 13.2 Å². The van der Waals surface area contributed by atoms with Crippen LogP contribution >= 0.6 is 0 Å². The van der Waals surface area contributed by atoms with Crippen LogP contribution in [-0.2, 0) is 9.59 Å². The van der Waals surface area contributed by atoms with Gasteiger partial charge in [-0.3, -0.25) is 9.59 Å². The first-order valence-electron chi connectivity index (χ1n) is 6.87. The Morgan fingerprint density at radius 1 is 1.23 bits per heavy atom. The standard InChI is InChI=1S/C15H18F3NO3/c1-2-19(9-8-14(21)22)13(20)10-12(15(16,17)18)11-6-4-3-5-7-11/h3-7,12H,2,8-10H2,1H3,(H,21,22). The summed E-state index contributed by atoms with van der Waals surface area (Å²) in [5, 5.41) is 8.61. The lowest BCUT2D eigenvalue weighted by atomic mass is 9.94. The van der Waals surface area contributed by atoms with Gasteiger partial charge in [0.2, 0.25) is 5.91 Å². The number of amides is 1.